The monoisotopic (exact) mass is 474 g/mol. The van der Waals surface area contributed by atoms with Crippen molar-refractivity contribution in [2.45, 2.75) is 24.7 Å². The lowest BCUT2D eigenvalue weighted by Crippen LogP contribution is -2.34. The molecule has 0 radical (unpaired) electrons. The first-order valence-corrected chi connectivity index (χ1v) is 11.9. The summed E-state index contributed by atoms with van der Waals surface area (Å²) in [5, 5.41) is 6.60. The molecule has 2 aromatic carbocycles. The maximum atomic E-state index is 12.3. The first kappa shape index (κ1) is 24.2. The Morgan fingerprint density at radius 3 is 2.39 bits per heavy atom. The molecule has 0 atom stereocenters. The van der Waals surface area contributed by atoms with Gasteiger partial charge in [-0.1, -0.05) is 5.16 Å². The van der Waals surface area contributed by atoms with Gasteiger partial charge in [0.1, 0.15) is 11.5 Å². The number of benzene rings is 2. The second-order valence-electron chi connectivity index (χ2n) is 6.89. The predicted octanol–water partition coefficient (Wildman–Crippen LogP) is 2.17. The number of rotatable bonds is 12. The lowest BCUT2D eigenvalue weighted by molar-refractivity contribution is -0.121. The second kappa shape index (κ2) is 11.4. The Morgan fingerprint density at radius 1 is 1.03 bits per heavy atom. The van der Waals surface area contributed by atoms with Gasteiger partial charge in [0.2, 0.25) is 27.6 Å². The zero-order valence-electron chi connectivity index (χ0n) is 18.4. The molecule has 0 aliphatic rings. The van der Waals surface area contributed by atoms with E-state index in [9.17, 15) is 13.2 Å². The molecule has 0 saturated carbocycles. The van der Waals surface area contributed by atoms with E-state index < -0.39 is 10.0 Å². The molecule has 2 N–H and O–H groups in total. The van der Waals surface area contributed by atoms with Gasteiger partial charge in [-0.15, -0.1) is 0 Å². The van der Waals surface area contributed by atoms with Crippen molar-refractivity contribution in [1.82, 2.24) is 20.2 Å². The number of amides is 1. The van der Waals surface area contributed by atoms with Crippen LogP contribution in [-0.2, 0) is 21.2 Å². The molecule has 1 heterocycles. The van der Waals surface area contributed by atoms with Gasteiger partial charge in [0, 0.05) is 31.5 Å². The molecule has 0 saturated heterocycles. The summed E-state index contributed by atoms with van der Waals surface area (Å²) in [4.78, 5) is 16.5. The standard InChI is InChI=1S/C22H26N4O6S/c1-3-31-18-6-4-16(5-7-18)22-25-21(32-26-22)13-12-20(27)23-14-15-24-33(28,29)19-10-8-17(30-2)9-11-19/h4-11,24H,3,12-15H2,1-2H3,(H,23,27). The average molecular weight is 475 g/mol. The van der Waals surface area contributed by atoms with Crippen molar-refractivity contribution in [1.29, 1.82) is 0 Å². The van der Waals surface area contributed by atoms with E-state index in [-0.39, 0.29) is 36.7 Å². The third-order valence-corrected chi connectivity index (χ3v) is 6.04. The summed E-state index contributed by atoms with van der Waals surface area (Å²) in [5.74, 6) is 1.84. The first-order valence-electron chi connectivity index (χ1n) is 10.4. The van der Waals surface area contributed by atoms with Crippen molar-refractivity contribution in [3.63, 3.8) is 0 Å². The summed E-state index contributed by atoms with van der Waals surface area (Å²) in [6.45, 7) is 2.71. The Bertz CT molecular complexity index is 1140. The normalized spacial score (nSPS) is 11.2. The summed E-state index contributed by atoms with van der Waals surface area (Å²) in [6, 6.07) is 13.3. The highest BCUT2D eigenvalue weighted by atomic mass is 32.2. The van der Waals surface area contributed by atoms with Crippen LogP contribution in [0.25, 0.3) is 11.4 Å². The Kier molecular flexibility index (Phi) is 8.39. The Hall–Kier alpha value is -3.44. The molecule has 1 aromatic heterocycles. The highest BCUT2D eigenvalue weighted by molar-refractivity contribution is 7.89. The van der Waals surface area contributed by atoms with Gasteiger partial charge >= 0.3 is 0 Å². The van der Waals surface area contributed by atoms with Crippen LogP contribution in [0.1, 0.15) is 19.2 Å². The minimum Gasteiger partial charge on any atom is -0.497 e. The number of hydrogen-bond donors (Lipinski definition) is 2. The highest BCUT2D eigenvalue weighted by Gasteiger charge is 2.14. The quantitative estimate of drug-likeness (QED) is 0.382. The van der Waals surface area contributed by atoms with Crippen LogP contribution >= 0.6 is 0 Å². The fourth-order valence-corrected chi connectivity index (χ4v) is 3.91. The fraction of sp³-hybridized carbons (Fsp3) is 0.318. The largest absolute Gasteiger partial charge is 0.497 e. The van der Waals surface area contributed by atoms with Crippen LogP contribution in [-0.4, -0.2) is 51.3 Å². The lowest BCUT2D eigenvalue weighted by Gasteiger charge is -2.08. The molecule has 0 fully saturated rings. The van der Waals surface area contributed by atoms with Gasteiger partial charge in [0.25, 0.3) is 0 Å². The summed E-state index contributed by atoms with van der Waals surface area (Å²) < 4.78 is 42.6. The molecule has 33 heavy (non-hydrogen) atoms. The molecule has 1 amide bonds. The van der Waals surface area contributed by atoms with Crippen molar-refractivity contribution in [3.8, 4) is 22.9 Å². The van der Waals surface area contributed by atoms with Crippen molar-refractivity contribution in [3.05, 3.63) is 54.4 Å². The third-order valence-electron chi connectivity index (χ3n) is 4.57. The molecule has 11 heteroatoms. The van der Waals surface area contributed by atoms with Crippen LogP contribution in [0.2, 0.25) is 0 Å². The molecule has 0 aliphatic carbocycles. The first-order chi connectivity index (χ1) is 15.9. The predicted molar refractivity (Wildman–Crippen MR) is 120 cm³/mol. The zero-order chi connectivity index (χ0) is 23.7. The maximum Gasteiger partial charge on any atom is 0.240 e. The number of aryl methyl sites for hydroxylation is 1. The van der Waals surface area contributed by atoms with Gasteiger partial charge in [-0.05, 0) is 55.5 Å². The van der Waals surface area contributed by atoms with Gasteiger partial charge in [-0.2, -0.15) is 4.98 Å². The van der Waals surface area contributed by atoms with E-state index in [1.807, 2.05) is 31.2 Å². The van der Waals surface area contributed by atoms with Crippen molar-refractivity contribution >= 4 is 15.9 Å². The SMILES string of the molecule is CCOc1ccc(-c2noc(CCC(=O)NCCNS(=O)(=O)c3ccc(OC)cc3)n2)cc1. The summed E-state index contributed by atoms with van der Waals surface area (Å²) in [7, 11) is -2.16. The van der Waals surface area contributed by atoms with E-state index in [0.717, 1.165) is 11.3 Å². The van der Waals surface area contributed by atoms with Crippen LogP contribution in [0, 0.1) is 0 Å². The van der Waals surface area contributed by atoms with E-state index in [4.69, 9.17) is 14.0 Å². The molecule has 3 rings (SSSR count). The molecule has 0 aliphatic heterocycles. The van der Waals surface area contributed by atoms with Crippen LogP contribution in [0.3, 0.4) is 0 Å². The average Bonchev–Trinajstić information content (AvgIpc) is 3.30. The minimum absolute atomic E-state index is 0.0581. The van der Waals surface area contributed by atoms with Gasteiger partial charge in [0.15, 0.2) is 0 Å². The van der Waals surface area contributed by atoms with Crippen molar-refractivity contribution < 1.29 is 27.2 Å². The van der Waals surface area contributed by atoms with E-state index in [1.54, 1.807) is 12.1 Å². The Labute approximate surface area is 192 Å². The van der Waals surface area contributed by atoms with Crippen LogP contribution < -0.4 is 19.5 Å². The van der Waals surface area contributed by atoms with Crippen molar-refractivity contribution in [2.75, 3.05) is 26.8 Å². The van der Waals surface area contributed by atoms with Gasteiger partial charge in [-0.3, -0.25) is 4.79 Å². The van der Waals surface area contributed by atoms with E-state index >= 15 is 0 Å². The summed E-state index contributed by atoms with van der Waals surface area (Å²) >= 11 is 0. The van der Waals surface area contributed by atoms with E-state index in [2.05, 4.69) is 20.2 Å². The molecule has 10 nitrogen and oxygen atoms in total. The molecule has 0 bridgehead atoms. The number of nitrogens with one attached hydrogen (secondary N) is 2. The number of carbonyl (C=O) groups is 1. The molecular weight excluding hydrogens is 448 g/mol. The van der Waals surface area contributed by atoms with Crippen LogP contribution in [0.15, 0.2) is 57.9 Å². The number of hydrogen-bond acceptors (Lipinski definition) is 8. The smallest absolute Gasteiger partial charge is 0.240 e. The molecular formula is C22H26N4O6S. The number of methoxy groups -OCH3 is 1. The van der Waals surface area contributed by atoms with Gasteiger partial charge in [0.05, 0.1) is 18.6 Å². The van der Waals surface area contributed by atoms with E-state index in [1.165, 1.54) is 19.2 Å². The van der Waals surface area contributed by atoms with Crippen LogP contribution in [0.4, 0.5) is 0 Å². The fourth-order valence-electron chi connectivity index (χ4n) is 2.87. The van der Waals surface area contributed by atoms with Crippen LogP contribution in [0.5, 0.6) is 11.5 Å². The Balaban J connectivity index is 1.40. The molecule has 0 unspecified atom stereocenters. The zero-order valence-corrected chi connectivity index (χ0v) is 19.2. The number of nitrogens with zero attached hydrogens (tertiary/aromatic N) is 2. The van der Waals surface area contributed by atoms with Crippen molar-refractivity contribution in [2.24, 2.45) is 0 Å². The third kappa shape index (κ3) is 7.02. The number of ether oxygens (including phenoxy) is 2. The van der Waals surface area contributed by atoms with Gasteiger partial charge in [-0.25, -0.2) is 13.1 Å². The number of aromatic nitrogens is 2. The minimum atomic E-state index is -3.67. The number of carbonyl (C=O) groups excluding carboxylic acids is 1. The van der Waals surface area contributed by atoms with E-state index in [0.29, 0.717) is 24.1 Å². The summed E-state index contributed by atoms with van der Waals surface area (Å²) in [5.41, 5.74) is 0.780. The second-order valence-corrected chi connectivity index (χ2v) is 8.66. The highest BCUT2D eigenvalue weighted by Crippen LogP contribution is 2.20. The van der Waals surface area contributed by atoms with Gasteiger partial charge < -0.3 is 19.3 Å². The summed E-state index contributed by atoms with van der Waals surface area (Å²) in [6.07, 6.45) is 0.406. The topological polar surface area (TPSA) is 133 Å². The number of sulfonamides is 1. The molecule has 0 spiro atoms. The molecule has 3 aromatic rings. The Morgan fingerprint density at radius 2 is 1.73 bits per heavy atom. The lowest BCUT2D eigenvalue weighted by atomic mass is 10.2. The molecule has 176 valence electrons. The maximum absolute atomic E-state index is 12.3.